The molecule has 0 radical (unpaired) electrons. The van der Waals surface area contributed by atoms with E-state index in [4.69, 9.17) is 0 Å². The highest BCUT2D eigenvalue weighted by molar-refractivity contribution is 5.89. The second-order valence-corrected chi connectivity index (χ2v) is 5.93. The van der Waals surface area contributed by atoms with E-state index in [1.165, 1.54) is 32.1 Å². The summed E-state index contributed by atoms with van der Waals surface area (Å²) in [5, 5.41) is 14.3. The number of rotatable bonds is 5. The van der Waals surface area contributed by atoms with Gasteiger partial charge in [0.25, 0.3) is 0 Å². The van der Waals surface area contributed by atoms with Gasteiger partial charge in [-0.25, -0.2) is 0 Å². The second-order valence-electron chi connectivity index (χ2n) is 5.93. The van der Waals surface area contributed by atoms with Gasteiger partial charge < -0.3 is 10.6 Å². The van der Waals surface area contributed by atoms with E-state index in [-0.39, 0.29) is 5.91 Å². The Hall–Kier alpha value is -1.65. The van der Waals surface area contributed by atoms with Gasteiger partial charge in [-0.15, -0.1) is 10.2 Å². The molecule has 1 fully saturated rings. The van der Waals surface area contributed by atoms with Crippen molar-refractivity contribution in [1.29, 1.82) is 0 Å². The number of hydrogen-bond donors (Lipinski definition) is 2. The van der Waals surface area contributed by atoms with Crippen molar-refractivity contribution in [3.63, 3.8) is 0 Å². The largest absolute Gasteiger partial charge is 0.366 e. The third-order valence-electron chi connectivity index (χ3n) is 3.48. The van der Waals surface area contributed by atoms with Crippen LogP contribution in [0.1, 0.15) is 52.4 Å². The van der Waals surface area contributed by atoms with Crippen LogP contribution in [0.3, 0.4) is 0 Å². The van der Waals surface area contributed by atoms with E-state index in [2.05, 4.69) is 20.8 Å². The minimum atomic E-state index is -0.0118. The Kier molecular flexibility index (Phi) is 5.32. The van der Waals surface area contributed by atoms with Gasteiger partial charge in [-0.2, -0.15) is 0 Å². The Bertz CT molecular complexity index is 424. The molecule has 0 unspecified atom stereocenters. The maximum atomic E-state index is 11.6. The van der Waals surface area contributed by atoms with E-state index in [0.717, 1.165) is 5.82 Å². The first-order valence-electron chi connectivity index (χ1n) is 7.53. The molecule has 1 amide bonds. The number of aromatic nitrogens is 2. The molecule has 110 valence electrons. The first kappa shape index (κ1) is 14.8. The van der Waals surface area contributed by atoms with Crippen molar-refractivity contribution < 1.29 is 4.79 Å². The predicted octanol–water partition coefficient (Wildman–Crippen LogP) is 3.21. The minimum Gasteiger partial charge on any atom is -0.366 e. The zero-order valence-corrected chi connectivity index (χ0v) is 12.4. The summed E-state index contributed by atoms with van der Waals surface area (Å²) >= 11 is 0. The normalized spacial score (nSPS) is 16.1. The van der Waals surface area contributed by atoms with Gasteiger partial charge in [-0.05, 0) is 30.9 Å². The summed E-state index contributed by atoms with van der Waals surface area (Å²) in [6.45, 7) is 4.03. The lowest BCUT2D eigenvalue weighted by Crippen LogP contribution is -2.23. The fourth-order valence-electron chi connectivity index (χ4n) is 2.50. The molecule has 1 aliphatic rings. The van der Waals surface area contributed by atoms with Crippen LogP contribution in [-0.2, 0) is 4.79 Å². The summed E-state index contributed by atoms with van der Waals surface area (Å²) in [5.74, 6) is 1.64. The Balaban J connectivity index is 1.84. The highest BCUT2D eigenvalue weighted by Crippen LogP contribution is 2.20. The average Bonchev–Trinajstić information content (AvgIpc) is 2.41. The smallest absolute Gasteiger partial charge is 0.225 e. The molecule has 0 aliphatic heterocycles. The molecule has 2 N–H and O–H groups in total. The van der Waals surface area contributed by atoms with Crippen molar-refractivity contribution in [2.45, 2.75) is 58.4 Å². The van der Waals surface area contributed by atoms with Crippen molar-refractivity contribution >= 4 is 17.5 Å². The standard InChI is InChI=1S/C15H24N4O/c1-11(2)10-15(20)17-14-9-8-13(18-19-14)16-12-6-4-3-5-7-12/h8-9,11-12H,3-7,10H2,1-2H3,(H,16,18)(H,17,19,20). The molecular weight excluding hydrogens is 252 g/mol. The number of carbonyl (C=O) groups is 1. The molecule has 5 heteroatoms. The molecule has 2 rings (SSSR count). The van der Waals surface area contributed by atoms with Gasteiger partial charge in [0.1, 0.15) is 5.82 Å². The van der Waals surface area contributed by atoms with Crippen LogP contribution in [0.2, 0.25) is 0 Å². The SMILES string of the molecule is CC(C)CC(=O)Nc1ccc(NC2CCCCC2)nn1. The van der Waals surface area contributed by atoms with E-state index < -0.39 is 0 Å². The molecular formula is C15H24N4O. The zero-order valence-electron chi connectivity index (χ0n) is 12.4. The van der Waals surface area contributed by atoms with Gasteiger partial charge in [-0.1, -0.05) is 33.1 Å². The highest BCUT2D eigenvalue weighted by atomic mass is 16.1. The summed E-state index contributed by atoms with van der Waals surface area (Å²) in [6, 6.07) is 4.20. The molecule has 1 aromatic rings. The monoisotopic (exact) mass is 276 g/mol. The van der Waals surface area contributed by atoms with Gasteiger partial charge >= 0.3 is 0 Å². The van der Waals surface area contributed by atoms with Gasteiger partial charge in [0.15, 0.2) is 5.82 Å². The molecule has 1 saturated carbocycles. The van der Waals surface area contributed by atoms with Gasteiger partial charge in [0.2, 0.25) is 5.91 Å². The second kappa shape index (κ2) is 7.22. The van der Waals surface area contributed by atoms with Gasteiger partial charge in [0, 0.05) is 12.5 Å². The minimum absolute atomic E-state index is 0.0118. The maximum Gasteiger partial charge on any atom is 0.225 e. The number of amides is 1. The molecule has 1 aliphatic carbocycles. The summed E-state index contributed by atoms with van der Waals surface area (Å²) in [4.78, 5) is 11.6. The number of anilines is 2. The summed E-state index contributed by atoms with van der Waals surface area (Å²) in [7, 11) is 0. The van der Waals surface area contributed by atoms with Crippen LogP contribution in [0.5, 0.6) is 0 Å². The number of hydrogen-bond acceptors (Lipinski definition) is 4. The Morgan fingerprint density at radius 3 is 2.45 bits per heavy atom. The van der Waals surface area contributed by atoms with Crippen molar-refractivity contribution in [3.05, 3.63) is 12.1 Å². The van der Waals surface area contributed by atoms with Crippen LogP contribution in [-0.4, -0.2) is 22.1 Å². The lowest BCUT2D eigenvalue weighted by Gasteiger charge is -2.22. The van der Waals surface area contributed by atoms with Crippen LogP contribution in [0.25, 0.3) is 0 Å². The topological polar surface area (TPSA) is 66.9 Å². The van der Waals surface area contributed by atoms with Gasteiger partial charge in [-0.3, -0.25) is 4.79 Å². The average molecular weight is 276 g/mol. The third kappa shape index (κ3) is 4.79. The summed E-state index contributed by atoms with van der Waals surface area (Å²) in [6.07, 6.45) is 6.82. The molecule has 5 nitrogen and oxygen atoms in total. The fourth-order valence-corrected chi connectivity index (χ4v) is 2.50. The summed E-state index contributed by atoms with van der Waals surface area (Å²) in [5.41, 5.74) is 0. The number of nitrogens with zero attached hydrogens (tertiary/aromatic N) is 2. The quantitative estimate of drug-likeness (QED) is 0.866. The Morgan fingerprint density at radius 2 is 1.85 bits per heavy atom. The van der Waals surface area contributed by atoms with E-state index in [0.29, 0.717) is 24.2 Å². The van der Waals surface area contributed by atoms with Crippen molar-refractivity contribution in [2.75, 3.05) is 10.6 Å². The van der Waals surface area contributed by atoms with Gasteiger partial charge in [0.05, 0.1) is 0 Å². The van der Waals surface area contributed by atoms with E-state index >= 15 is 0 Å². The van der Waals surface area contributed by atoms with Crippen LogP contribution in [0, 0.1) is 5.92 Å². The van der Waals surface area contributed by atoms with E-state index in [9.17, 15) is 4.79 Å². The Labute approximate surface area is 120 Å². The zero-order chi connectivity index (χ0) is 14.4. The van der Waals surface area contributed by atoms with Crippen molar-refractivity contribution in [3.8, 4) is 0 Å². The first-order valence-corrected chi connectivity index (χ1v) is 7.53. The third-order valence-corrected chi connectivity index (χ3v) is 3.48. The molecule has 1 heterocycles. The fraction of sp³-hybridized carbons (Fsp3) is 0.667. The first-order chi connectivity index (χ1) is 9.63. The van der Waals surface area contributed by atoms with Crippen LogP contribution in [0.15, 0.2) is 12.1 Å². The maximum absolute atomic E-state index is 11.6. The Morgan fingerprint density at radius 1 is 1.20 bits per heavy atom. The molecule has 0 saturated heterocycles. The lowest BCUT2D eigenvalue weighted by molar-refractivity contribution is -0.116. The molecule has 0 bridgehead atoms. The van der Waals surface area contributed by atoms with E-state index in [1.54, 1.807) is 6.07 Å². The molecule has 20 heavy (non-hydrogen) atoms. The lowest BCUT2D eigenvalue weighted by atomic mass is 9.95. The molecule has 0 aromatic carbocycles. The predicted molar refractivity (Wildman–Crippen MR) is 80.6 cm³/mol. The molecule has 0 atom stereocenters. The number of nitrogens with one attached hydrogen (secondary N) is 2. The summed E-state index contributed by atoms with van der Waals surface area (Å²) < 4.78 is 0. The number of carbonyl (C=O) groups excluding carboxylic acids is 1. The molecule has 1 aromatic heterocycles. The van der Waals surface area contributed by atoms with Crippen LogP contribution >= 0.6 is 0 Å². The van der Waals surface area contributed by atoms with Crippen molar-refractivity contribution in [1.82, 2.24) is 10.2 Å². The van der Waals surface area contributed by atoms with Crippen molar-refractivity contribution in [2.24, 2.45) is 5.92 Å². The molecule has 0 spiro atoms. The highest BCUT2D eigenvalue weighted by Gasteiger charge is 2.13. The van der Waals surface area contributed by atoms with Crippen LogP contribution < -0.4 is 10.6 Å². The van der Waals surface area contributed by atoms with E-state index in [1.807, 2.05) is 19.9 Å². The van der Waals surface area contributed by atoms with Crippen LogP contribution in [0.4, 0.5) is 11.6 Å².